The highest BCUT2D eigenvalue weighted by Gasteiger charge is 2.30. The smallest absolute Gasteiger partial charge is 0.255 e. The summed E-state index contributed by atoms with van der Waals surface area (Å²) in [5.41, 5.74) is 1.48. The minimum Gasteiger partial charge on any atom is -0.354 e. The first kappa shape index (κ1) is 38.9. The number of sulfone groups is 1. The Balaban J connectivity index is 1.41. The molecular formula is C39H47N7O6S. The largest absolute Gasteiger partial charge is 0.354 e. The SMILES string of the molecule is Cc1nc2n(n1)CC(=O)NCCCN(C(=O)c1ccccc1S(=O)(=O)Cc1ccccc1)CCCC(=O)N[C@H](Cc1ccccc1)C(=O)N[C@H]2C(C)C. The van der Waals surface area contributed by atoms with Gasteiger partial charge in [-0.1, -0.05) is 86.6 Å². The Labute approximate surface area is 310 Å². The number of hydrogen-bond acceptors (Lipinski definition) is 8. The first-order valence-corrected chi connectivity index (χ1v) is 19.5. The van der Waals surface area contributed by atoms with E-state index in [1.807, 2.05) is 44.2 Å². The van der Waals surface area contributed by atoms with E-state index in [0.717, 1.165) is 5.56 Å². The Morgan fingerprint density at radius 2 is 1.49 bits per heavy atom. The molecule has 0 radical (unpaired) electrons. The molecule has 280 valence electrons. The van der Waals surface area contributed by atoms with E-state index in [1.54, 1.807) is 49.4 Å². The molecule has 1 aromatic heterocycles. The van der Waals surface area contributed by atoms with Crippen LogP contribution < -0.4 is 16.0 Å². The van der Waals surface area contributed by atoms with Crippen molar-refractivity contribution in [3.63, 3.8) is 0 Å². The molecule has 3 N–H and O–H groups in total. The van der Waals surface area contributed by atoms with Crippen molar-refractivity contribution in [2.24, 2.45) is 5.92 Å². The molecule has 0 bridgehead atoms. The Bertz CT molecular complexity index is 2000. The summed E-state index contributed by atoms with van der Waals surface area (Å²) < 4.78 is 28.7. The summed E-state index contributed by atoms with van der Waals surface area (Å²) in [6.45, 7) is 5.98. The normalized spacial score (nSPS) is 18.3. The fourth-order valence-electron chi connectivity index (χ4n) is 6.32. The first-order valence-electron chi connectivity index (χ1n) is 17.9. The molecular weight excluding hydrogens is 695 g/mol. The molecule has 5 rings (SSSR count). The number of nitrogens with one attached hydrogen (secondary N) is 3. The maximum Gasteiger partial charge on any atom is 0.255 e. The molecule has 2 atom stereocenters. The molecule has 2 heterocycles. The molecule has 4 amide bonds. The van der Waals surface area contributed by atoms with Crippen molar-refractivity contribution < 1.29 is 27.6 Å². The Hall–Kier alpha value is -5.37. The molecule has 0 aliphatic carbocycles. The first-order chi connectivity index (χ1) is 25.4. The van der Waals surface area contributed by atoms with E-state index < -0.39 is 33.7 Å². The minimum absolute atomic E-state index is 0.00810. The summed E-state index contributed by atoms with van der Waals surface area (Å²) in [5.74, 6) is -1.13. The van der Waals surface area contributed by atoms with Crippen LogP contribution in [0.25, 0.3) is 0 Å². The zero-order valence-electron chi connectivity index (χ0n) is 30.3. The predicted octanol–water partition coefficient (Wildman–Crippen LogP) is 3.54. The highest BCUT2D eigenvalue weighted by Crippen LogP contribution is 2.24. The van der Waals surface area contributed by atoms with Crippen LogP contribution in [0.5, 0.6) is 0 Å². The van der Waals surface area contributed by atoms with Gasteiger partial charge in [0.15, 0.2) is 15.7 Å². The number of hydrogen-bond donors (Lipinski definition) is 3. The van der Waals surface area contributed by atoms with Gasteiger partial charge in [-0.25, -0.2) is 18.1 Å². The summed E-state index contributed by atoms with van der Waals surface area (Å²) in [5, 5.41) is 13.3. The number of fused-ring (bicyclic) bond motifs is 1. The standard InChI is InChI=1S/C39H47N7O6S/c1-27(2)36-37-41-28(3)44-46(37)25-35(48)40-21-13-23-45(22-12-20-34(47)42-32(38(49)43-36)24-29-14-6-4-7-15-29)39(50)31-18-10-11-19-33(31)53(51,52)26-30-16-8-5-9-17-30/h4-11,14-19,27,32,36H,12-13,20-26H2,1-3H3,(H,40,48)(H,42,47)(H,43,49)/t32-,36+/m1/s1. The third-order valence-electron chi connectivity index (χ3n) is 8.97. The van der Waals surface area contributed by atoms with E-state index in [4.69, 9.17) is 0 Å². The topological polar surface area (TPSA) is 172 Å². The summed E-state index contributed by atoms with van der Waals surface area (Å²) >= 11 is 0. The van der Waals surface area contributed by atoms with Gasteiger partial charge >= 0.3 is 0 Å². The van der Waals surface area contributed by atoms with Crippen LogP contribution in [0.4, 0.5) is 0 Å². The minimum atomic E-state index is -3.90. The quantitative estimate of drug-likeness (QED) is 0.258. The molecule has 3 aromatic carbocycles. The molecule has 0 saturated heterocycles. The fourth-order valence-corrected chi connectivity index (χ4v) is 7.88. The third-order valence-corrected chi connectivity index (χ3v) is 10.7. The predicted molar refractivity (Wildman–Crippen MR) is 199 cm³/mol. The molecule has 53 heavy (non-hydrogen) atoms. The van der Waals surface area contributed by atoms with Gasteiger partial charge in [0.05, 0.1) is 22.3 Å². The maximum absolute atomic E-state index is 14.1. The number of rotatable bonds is 7. The van der Waals surface area contributed by atoms with Crippen LogP contribution >= 0.6 is 0 Å². The molecule has 13 nitrogen and oxygen atoms in total. The molecule has 0 fully saturated rings. The van der Waals surface area contributed by atoms with Crippen molar-refractivity contribution >= 4 is 33.5 Å². The third kappa shape index (κ3) is 10.6. The summed E-state index contributed by atoms with van der Waals surface area (Å²) in [7, 11) is -3.90. The lowest BCUT2D eigenvalue weighted by Gasteiger charge is -2.27. The average molecular weight is 742 g/mol. The summed E-state index contributed by atoms with van der Waals surface area (Å²) in [6, 6.07) is 22.7. The summed E-state index contributed by atoms with van der Waals surface area (Å²) in [6.07, 6.45) is 0.861. The number of nitrogens with zero attached hydrogens (tertiary/aromatic N) is 4. The van der Waals surface area contributed by atoms with Crippen LogP contribution in [-0.2, 0) is 42.9 Å². The van der Waals surface area contributed by atoms with Gasteiger partial charge in [0.1, 0.15) is 18.4 Å². The van der Waals surface area contributed by atoms with Gasteiger partial charge < -0.3 is 20.9 Å². The highest BCUT2D eigenvalue weighted by molar-refractivity contribution is 7.90. The van der Waals surface area contributed by atoms with Gasteiger partial charge in [-0.05, 0) is 48.9 Å². The van der Waals surface area contributed by atoms with Gasteiger partial charge in [-0.15, -0.1) is 0 Å². The number of aromatic nitrogens is 3. The summed E-state index contributed by atoms with van der Waals surface area (Å²) in [4.78, 5) is 60.6. The van der Waals surface area contributed by atoms with Crippen LogP contribution in [0.2, 0.25) is 0 Å². The van der Waals surface area contributed by atoms with E-state index in [2.05, 4.69) is 26.0 Å². The molecule has 1 aliphatic rings. The van der Waals surface area contributed by atoms with Crippen molar-refractivity contribution in [1.82, 2.24) is 35.6 Å². The van der Waals surface area contributed by atoms with Crippen molar-refractivity contribution in [3.8, 4) is 0 Å². The number of carbonyl (C=O) groups is 4. The van der Waals surface area contributed by atoms with E-state index in [0.29, 0.717) is 23.6 Å². The van der Waals surface area contributed by atoms with E-state index in [1.165, 1.54) is 21.7 Å². The highest BCUT2D eigenvalue weighted by atomic mass is 32.2. The van der Waals surface area contributed by atoms with Crippen molar-refractivity contribution in [3.05, 3.63) is 113 Å². The Morgan fingerprint density at radius 3 is 2.19 bits per heavy atom. The number of carbonyl (C=O) groups excluding carboxylic acids is 4. The van der Waals surface area contributed by atoms with Crippen LogP contribution in [-0.4, -0.2) is 77.4 Å². The van der Waals surface area contributed by atoms with Gasteiger partial charge in [0.2, 0.25) is 17.7 Å². The molecule has 4 aromatic rings. The molecule has 1 aliphatic heterocycles. The second-order valence-electron chi connectivity index (χ2n) is 13.6. The van der Waals surface area contributed by atoms with Crippen molar-refractivity contribution in [2.75, 3.05) is 19.6 Å². The monoisotopic (exact) mass is 741 g/mol. The Kier molecular flexibility index (Phi) is 13.1. The lowest BCUT2D eigenvalue weighted by Crippen LogP contribution is -2.50. The average Bonchev–Trinajstić information content (AvgIpc) is 3.49. The molecule has 14 heteroatoms. The molecule has 0 unspecified atom stereocenters. The van der Waals surface area contributed by atoms with Crippen LogP contribution in [0, 0.1) is 12.8 Å². The molecule has 0 spiro atoms. The van der Waals surface area contributed by atoms with Gasteiger partial charge in [-0.2, -0.15) is 5.10 Å². The van der Waals surface area contributed by atoms with Gasteiger partial charge in [-0.3, -0.25) is 19.2 Å². The van der Waals surface area contributed by atoms with Crippen molar-refractivity contribution in [2.45, 2.75) is 75.7 Å². The van der Waals surface area contributed by atoms with Crippen LogP contribution in [0.1, 0.15) is 72.3 Å². The number of benzene rings is 3. The van der Waals surface area contributed by atoms with Crippen LogP contribution in [0.15, 0.2) is 89.8 Å². The van der Waals surface area contributed by atoms with Crippen LogP contribution in [0.3, 0.4) is 0 Å². The van der Waals surface area contributed by atoms with E-state index >= 15 is 0 Å². The number of aryl methyl sites for hydroxylation is 1. The zero-order valence-corrected chi connectivity index (χ0v) is 31.1. The van der Waals surface area contributed by atoms with E-state index in [-0.39, 0.29) is 79.4 Å². The van der Waals surface area contributed by atoms with Crippen molar-refractivity contribution in [1.29, 1.82) is 0 Å². The van der Waals surface area contributed by atoms with E-state index in [9.17, 15) is 27.6 Å². The maximum atomic E-state index is 14.1. The fraction of sp³-hybridized carbons (Fsp3) is 0.385. The lowest BCUT2D eigenvalue weighted by atomic mass is 10.0. The van der Waals surface area contributed by atoms with Gasteiger partial charge in [0.25, 0.3) is 5.91 Å². The second-order valence-corrected chi connectivity index (χ2v) is 15.5. The number of amides is 4. The lowest BCUT2D eigenvalue weighted by molar-refractivity contribution is -0.129. The zero-order chi connectivity index (χ0) is 38.0. The molecule has 0 saturated carbocycles. The second kappa shape index (κ2) is 17.9. The van der Waals surface area contributed by atoms with Gasteiger partial charge in [0, 0.05) is 32.5 Å². The Morgan fingerprint density at radius 1 is 0.849 bits per heavy atom.